The molecule has 4 nitrogen and oxygen atoms in total. The number of pyridine rings is 1. The molecule has 2 heterocycles. The van der Waals surface area contributed by atoms with Crippen molar-refractivity contribution < 1.29 is 35.8 Å². The SMILES string of the molecule is O=C(/C=C(\O)C1CCCC1)C1CCCC1.[2H]C(C)(C)c1[c-]c(-c2nccc3cc(C4CCCC4)ccc23)c2oc3ccccc3c2c1.[Ir]. The van der Waals surface area contributed by atoms with E-state index in [9.17, 15) is 9.90 Å². The maximum absolute atomic E-state index is 11.8. The largest absolute Gasteiger partial charge is 0.512 e. The minimum atomic E-state index is -0.776. The summed E-state index contributed by atoms with van der Waals surface area (Å²) in [5, 5.41) is 14.2. The monoisotopic (exact) mass is 806 g/mol. The number of rotatable bonds is 6. The fraction of sp³-hybridized carbons (Fsp3) is 0.429. The number of allylic oxidation sites excluding steroid dienone is 2. The van der Waals surface area contributed by atoms with Crippen LogP contribution in [0.3, 0.4) is 0 Å². The van der Waals surface area contributed by atoms with Crippen LogP contribution in [0.1, 0.15) is 115 Å². The number of aliphatic hydroxyl groups is 1. The molecule has 0 spiro atoms. The van der Waals surface area contributed by atoms with Gasteiger partial charge >= 0.3 is 0 Å². The van der Waals surface area contributed by atoms with Crippen molar-refractivity contribution in [1.29, 1.82) is 0 Å². The van der Waals surface area contributed by atoms with Crippen LogP contribution < -0.4 is 0 Å². The van der Waals surface area contributed by atoms with Crippen LogP contribution in [0.5, 0.6) is 0 Å². The van der Waals surface area contributed by atoms with Crippen molar-refractivity contribution in [2.75, 3.05) is 0 Å². The zero-order valence-corrected chi connectivity index (χ0v) is 30.0. The van der Waals surface area contributed by atoms with E-state index in [4.69, 9.17) is 10.8 Å². The molecule has 5 aromatic rings. The molecular weight excluding hydrogens is 759 g/mol. The van der Waals surface area contributed by atoms with Gasteiger partial charge in [-0.2, -0.15) is 0 Å². The number of hydrogen-bond donors (Lipinski definition) is 1. The Morgan fingerprint density at radius 2 is 1.57 bits per heavy atom. The number of aromatic nitrogens is 1. The first-order valence-corrected chi connectivity index (χ1v) is 17.5. The molecule has 0 saturated heterocycles. The number of ketones is 1. The number of nitrogens with zero attached hydrogens (tertiary/aromatic N) is 1. The first kappa shape index (κ1) is 32.3. The Bertz CT molecular complexity index is 1940. The smallest absolute Gasteiger partial charge is 0.162 e. The average Bonchev–Trinajstić information content (AvgIpc) is 3.91. The van der Waals surface area contributed by atoms with Crippen molar-refractivity contribution in [3.8, 4) is 11.3 Å². The molecule has 3 aliphatic carbocycles. The summed E-state index contributed by atoms with van der Waals surface area (Å²) in [7, 11) is 0. The third-order valence-corrected chi connectivity index (χ3v) is 10.6. The van der Waals surface area contributed by atoms with Gasteiger partial charge in [-0.1, -0.05) is 99.7 Å². The number of hydrogen-bond acceptors (Lipinski definition) is 4. The Kier molecular flexibility index (Phi) is 10.2. The molecule has 3 aliphatic rings. The van der Waals surface area contributed by atoms with E-state index in [1.54, 1.807) is 0 Å². The molecule has 0 unspecified atom stereocenters. The van der Waals surface area contributed by atoms with Gasteiger partial charge in [0.25, 0.3) is 0 Å². The molecule has 3 fully saturated rings. The van der Waals surface area contributed by atoms with Gasteiger partial charge < -0.3 is 14.5 Å². The predicted octanol–water partition coefficient (Wildman–Crippen LogP) is 11.8. The molecule has 2 aromatic heterocycles. The van der Waals surface area contributed by atoms with Crippen LogP contribution in [0, 0.1) is 17.9 Å². The third kappa shape index (κ3) is 7.13. The molecule has 3 aromatic carbocycles. The molecule has 0 aliphatic heterocycles. The molecule has 5 heteroatoms. The van der Waals surface area contributed by atoms with Crippen molar-refractivity contribution in [3.63, 3.8) is 0 Å². The summed E-state index contributed by atoms with van der Waals surface area (Å²) in [6.45, 7) is 3.81. The molecule has 1 N–H and O–H groups in total. The van der Waals surface area contributed by atoms with Gasteiger partial charge in [-0.15, -0.1) is 17.7 Å². The minimum Gasteiger partial charge on any atom is -0.512 e. The standard InChI is InChI=1S/C29H26NO.C13H20O2.Ir/c1-18(2)22-16-25-24-9-5-6-10-27(24)31-29(25)26(17-22)28-23-12-11-20(19-7-3-4-8-19)15-21(23)13-14-30-28;14-12(10-5-1-2-6-10)9-13(15)11-7-3-4-8-11;/h5-6,9-16,18-19H,3-4,7-8H2,1-2H3;9-11,14H,1-8H2;/q-1;;/b;12-9-;/i18D;;. The molecular formula is C42H46IrNO3-. The van der Waals surface area contributed by atoms with E-state index in [-0.39, 0.29) is 37.7 Å². The van der Waals surface area contributed by atoms with Crippen LogP contribution in [0.4, 0.5) is 0 Å². The zero-order valence-electron chi connectivity index (χ0n) is 28.6. The normalized spacial score (nSPS) is 18.4. The number of fused-ring (bicyclic) bond motifs is 4. The number of benzene rings is 3. The molecule has 3 saturated carbocycles. The summed E-state index contributed by atoms with van der Waals surface area (Å²) in [6.07, 6.45) is 17.5. The number of para-hydroxylation sites is 1. The maximum Gasteiger partial charge on any atom is 0.162 e. The summed E-state index contributed by atoms with van der Waals surface area (Å²) < 4.78 is 15.0. The Hall–Kier alpha value is -3.27. The van der Waals surface area contributed by atoms with E-state index < -0.39 is 5.89 Å². The van der Waals surface area contributed by atoms with Crippen LogP contribution >= 0.6 is 0 Å². The minimum absolute atomic E-state index is 0. The van der Waals surface area contributed by atoms with Crippen LogP contribution in [-0.2, 0) is 24.9 Å². The summed E-state index contributed by atoms with van der Waals surface area (Å²) in [4.78, 5) is 16.6. The Labute approximate surface area is 293 Å². The van der Waals surface area contributed by atoms with Crippen molar-refractivity contribution in [3.05, 3.63) is 89.8 Å². The second-order valence-corrected chi connectivity index (χ2v) is 14.0. The van der Waals surface area contributed by atoms with Gasteiger partial charge in [0.2, 0.25) is 0 Å². The van der Waals surface area contributed by atoms with E-state index in [1.807, 2.05) is 38.2 Å². The summed E-state index contributed by atoms with van der Waals surface area (Å²) in [5.74, 6) is 0.893. The Balaban J connectivity index is 0.000000212. The van der Waals surface area contributed by atoms with E-state index in [1.165, 1.54) is 68.4 Å². The van der Waals surface area contributed by atoms with Gasteiger partial charge in [0.1, 0.15) is 5.58 Å². The number of aliphatic hydroxyl groups excluding tert-OH is 1. The quantitative estimate of drug-likeness (QED) is 0.105. The van der Waals surface area contributed by atoms with Crippen LogP contribution in [0.2, 0.25) is 0 Å². The third-order valence-electron chi connectivity index (χ3n) is 10.6. The molecule has 0 atom stereocenters. The number of carbonyl (C=O) groups is 1. The van der Waals surface area contributed by atoms with Crippen LogP contribution in [-0.4, -0.2) is 15.9 Å². The zero-order chi connectivity index (χ0) is 32.5. The van der Waals surface area contributed by atoms with E-state index >= 15 is 0 Å². The van der Waals surface area contributed by atoms with Gasteiger partial charge in [0.05, 0.1) is 11.3 Å². The second kappa shape index (κ2) is 14.9. The fourth-order valence-corrected chi connectivity index (χ4v) is 7.92. The van der Waals surface area contributed by atoms with Gasteiger partial charge in [0, 0.05) is 51.0 Å². The first-order valence-electron chi connectivity index (χ1n) is 18.0. The van der Waals surface area contributed by atoms with E-state index in [0.717, 1.165) is 69.8 Å². The molecule has 47 heavy (non-hydrogen) atoms. The summed E-state index contributed by atoms with van der Waals surface area (Å²) in [5.41, 5.74) is 5.63. The Morgan fingerprint density at radius 3 is 2.30 bits per heavy atom. The molecule has 0 amide bonds. The van der Waals surface area contributed by atoms with Crippen LogP contribution in [0.15, 0.2) is 77.0 Å². The fourth-order valence-electron chi connectivity index (χ4n) is 7.92. The summed E-state index contributed by atoms with van der Waals surface area (Å²) >= 11 is 0. The van der Waals surface area contributed by atoms with Gasteiger partial charge in [-0.3, -0.25) is 4.79 Å². The van der Waals surface area contributed by atoms with Crippen molar-refractivity contribution in [2.24, 2.45) is 11.8 Å². The first-order chi connectivity index (χ1) is 22.8. The number of furan rings is 1. The second-order valence-electron chi connectivity index (χ2n) is 14.0. The topological polar surface area (TPSA) is 63.3 Å². The van der Waals surface area contributed by atoms with Crippen molar-refractivity contribution in [2.45, 2.75) is 103 Å². The van der Waals surface area contributed by atoms with Crippen molar-refractivity contribution >= 4 is 38.5 Å². The average molecular weight is 806 g/mol. The maximum atomic E-state index is 11.8. The molecule has 247 valence electrons. The summed E-state index contributed by atoms with van der Waals surface area (Å²) in [6, 6.07) is 22.6. The van der Waals surface area contributed by atoms with Gasteiger partial charge in [-0.05, 0) is 84.5 Å². The van der Waals surface area contributed by atoms with Crippen LogP contribution in [0.25, 0.3) is 44.0 Å². The Morgan fingerprint density at radius 1 is 0.894 bits per heavy atom. The van der Waals surface area contributed by atoms with Crippen molar-refractivity contribution in [1.82, 2.24) is 4.98 Å². The molecule has 0 bridgehead atoms. The van der Waals surface area contributed by atoms with E-state index in [2.05, 4.69) is 42.5 Å². The predicted molar refractivity (Wildman–Crippen MR) is 188 cm³/mol. The molecule has 1 radical (unpaired) electrons. The van der Waals surface area contributed by atoms with E-state index in [0.29, 0.717) is 11.7 Å². The van der Waals surface area contributed by atoms with Gasteiger partial charge in [0.15, 0.2) is 5.78 Å². The number of carbonyl (C=O) groups excluding carboxylic acids is 1. The molecule has 8 rings (SSSR count). The van der Waals surface area contributed by atoms with Gasteiger partial charge in [-0.25, -0.2) is 0 Å².